The van der Waals surface area contributed by atoms with Crippen molar-refractivity contribution in [3.05, 3.63) is 59.3 Å². The molecule has 0 bridgehead atoms. The molecular weight excluding hydrogens is 334 g/mol. The van der Waals surface area contributed by atoms with Crippen LogP contribution in [0.2, 0.25) is 0 Å². The van der Waals surface area contributed by atoms with Crippen molar-refractivity contribution in [3.63, 3.8) is 0 Å². The first-order chi connectivity index (χ1) is 13.2. The van der Waals surface area contributed by atoms with Crippen molar-refractivity contribution in [1.82, 2.24) is 9.88 Å². The first-order valence-corrected chi connectivity index (χ1v) is 10.3. The third kappa shape index (κ3) is 3.85. The molecule has 0 N–H and O–H groups in total. The first-order valence-electron chi connectivity index (χ1n) is 10.3. The summed E-state index contributed by atoms with van der Waals surface area (Å²) in [6, 6.07) is 14.2. The smallest absolute Gasteiger partial charge is 0.254 e. The molecule has 2 aliphatic rings. The van der Waals surface area contributed by atoms with Gasteiger partial charge in [0.05, 0.1) is 6.04 Å². The lowest BCUT2D eigenvalue weighted by atomic mass is 9.93. The number of nitrogens with zero attached hydrogens (tertiary/aromatic N) is 3. The summed E-state index contributed by atoms with van der Waals surface area (Å²) in [5.41, 5.74) is 3.05. The van der Waals surface area contributed by atoms with Crippen molar-refractivity contribution in [2.75, 3.05) is 24.5 Å². The van der Waals surface area contributed by atoms with Gasteiger partial charge in [0, 0.05) is 30.9 Å². The van der Waals surface area contributed by atoms with Crippen molar-refractivity contribution in [1.29, 1.82) is 0 Å². The summed E-state index contributed by atoms with van der Waals surface area (Å²) in [4.78, 5) is 22.5. The predicted molar refractivity (Wildman–Crippen MR) is 109 cm³/mol. The van der Waals surface area contributed by atoms with Gasteiger partial charge in [-0.05, 0) is 69.2 Å². The molecule has 2 fully saturated rings. The highest BCUT2D eigenvalue weighted by Crippen LogP contribution is 2.34. The summed E-state index contributed by atoms with van der Waals surface area (Å²) in [5.74, 6) is 1.23. The van der Waals surface area contributed by atoms with Gasteiger partial charge in [0.25, 0.3) is 5.91 Å². The topological polar surface area (TPSA) is 36.4 Å². The van der Waals surface area contributed by atoms with E-state index < -0.39 is 0 Å². The van der Waals surface area contributed by atoms with E-state index in [0.717, 1.165) is 56.0 Å². The molecule has 1 amide bonds. The van der Waals surface area contributed by atoms with Gasteiger partial charge < -0.3 is 9.80 Å². The molecule has 2 aliphatic heterocycles. The molecule has 2 saturated heterocycles. The third-order valence-corrected chi connectivity index (χ3v) is 5.94. The molecule has 142 valence electrons. The fourth-order valence-electron chi connectivity index (χ4n) is 4.45. The quantitative estimate of drug-likeness (QED) is 0.790. The number of anilines is 1. The van der Waals surface area contributed by atoms with E-state index in [-0.39, 0.29) is 11.9 Å². The molecule has 4 nitrogen and oxygen atoms in total. The number of aryl methyl sites for hydroxylation is 1. The Balaban J connectivity index is 1.59. The summed E-state index contributed by atoms with van der Waals surface area (Å²) in [7, 11) is 0. The van der Waals surface area contributed by atoms with Gasteiger partial charge >= 0.3 is 0 Å². The molecule has 0 radical (unpaired) electrons. The third-order valence-electron chi connectivity index (χ3n) is 5.94. The van der Waals surface area contributed by atoms with E-state index >= 15 is 0 Å². The minimum atomic E-state index is 0.134. The molecule has 3 heterocycles. The van der Waals surface area contributed by atoms with Crippen LogP contribution in [0.4, 0.5) is 5.82 Å². The van der Waals surface area contributed by atoms with Crippen LogP contribution in [0.25, 0.3) is 0 Å². The Bertz CT molecular complexity index is 783. The molecule has 27 heavy (non-hydrogen) atoms. The number of pyridine rings is 1. The Kier molecular flexibility index (Phi) is 5.42. The fourth-order valence-corrected chi connectivity index (χ4v) is 4.45. The standard InChI is InChI=1S/C23H29N3O/c1-18-20(13-14-22(24-18)25-15-7-3-8-16-25)21-12-6-9-17-26(21)23(27)19-10-4-2-5-11-19/h2,4-5,10-11,13-14,21H,3,6-9,12,15-17H2,1H3/t21-/m1/s1. The Morgan fingerprint density at radius 3 is 2.41 bits per heavy atom. The number of likely N-dealkylation sites (tertiary alicyclic amines) is 1. The van der Waals surface area contributed by atoms with Gasteiger partial charge in [-0.3, -0.25) is 4.79 Å². The van der Waals surface area contributed by atoms with E-state index in [1.165, 1.54) is 24.8 Å². The Hall–Kier alpha value is -2.36. The highest BCUT2D eigenvalue weighted by Gasteiger charge is 2.30. The van der Waals surface area contributed by atoms with Crippen LogP contribution in [0.3, 0.4) is 0 Å². The maximum Gasteiger partial charge on any atom is 0.254 e. The average Bonchev–Trinajstić information content (AvgIpc) is 2.74. The summed E-state index contributed by atoms with van der Waals surface area (Å²) < 4.78 is 0. The van der Waals surface area contributed by atoms with Gasteiger partial charge in [-0.1, -0.05) is 24.3 Å². The SMILES string of the molecule is Cc1nc(N2CCCCC2)ccc1[C@H]1CCCCN1C(=O)c1ccccc1. The number of carbonyl (C=O) groups excluding carboxylic acids is 1. The van der Waals surface area contributed by atoms with Crippen molar-refractivity contribution in [2.45, 2.75) is 51.5 Å². The molecule has 4 heteroatoms. The number of rotatable bonds is 3. The van der Waals surface area contributed by atoms with Crippen molar-refractivity contribution < 1.29 is 4.79 Å². The van der Waals surface area contributed by atoms with Crippen LogP contribution in [0.1, 0.15) is 66.2 Å². The number of carbonyl (C=O) groups is 1. The van der Waals surface area contributed by atoms with E-state index in [4.69, 9.17) is 4.98 Å². The zero-order chi connectivity index (χ0) is 18.6. The van der Waals surface area contributed by atoms with Crippen LogP contribution < -0.4 is 4.90 Å². The molecular formula is C23H29N3O. The van der Waals surface area contributed by atoms with Crippen LogP contribution in [0, 0.1) is 6.92 Å². The summed E-state index contributed by atoms with van der Waals surface area (Å²) in [6.45, 7) is 5.13. The molecule has 2 aromatic rings. The van der Waals surface area contributed by atoms with Gasteiger partial charge in [-0.2, -0.15) is 0 Å². The Morgan fingerprint density at radius 2 is 1.67 bits per heavy atom. The largest absolute Gasteiger partial charge is 0.357 e. The van der Waals surface area contributed by atoms with Gasteiger partial charge in [-0.25, -0.2) is 4.98 Å². The van der Waals surface area contributed by atoms with E-state index in [1.807, 2.05) is 30.3 Å². The molecule has 4 rings (SSSR count). The lowest BCUT2D eigenvalue weighted by Crippen LogP contribution is -2.39. The van der Waals surface area contributed by atoms with Gasteiger partial charge in [-0.15, -0.1) is 0 Å². The van der Waals surface area contributed by atoms with Crippen LogP contribution in [0.5, 0.6) is 0 Å². The lowest BCUT2D eigenvalue weighted by molar-refractivity contribution is 0.0610. The van der Waals surface area contributed by atoms with Crippen LogP contribution in [-0.4, -0.2) is 35.4 Å². The number of hydrogen-bond acceptors (Lipinski definition) is 3. The molecule has 0 saturated carbocycles. The summed E-state index contributed by atoms with van der Waals surface area (Å²) in [6.07, 6.45) is 7.09. The molecule has 0 spiro atoms. The summed E-state index contributed by atoms with van der Waals surface area (Å²) >= 11 is 0. The molecule has 0 unspecified atom stereocenters. The van der Waals surface area contributed by atoms with Crippen molar-refractivity contribution in [3.8, 4) is 0 Å². The molecule has 1 atom stereocenters. The second kappa shape index (κ2) is 8.12. The van der Waals surface area contributed by atoms with E-state index in [2.05, 4.69) is 28.9 Å². The Morgan fingerprint density at radius 1 is 0.926 bits per heavy atom. The second-order valence-electron chi connectivity index (χ2n) is 7.77. The first kappa shape index (κ1) is 18.0. The summed E-state index contributed by atoms with van der Waals surface area (Å²) in [5, 5.41) is 0. The maximum absolute atomic E-state index is 13.1. The minimum Gasteiger partial charge on any atom is -0.357 e. The maximum atomic E-state index is 13.1. The lowest BCUT2D eigenvalue weighted by Gasteiger charge is -2.37. The normalized spacial score (nSPS) is 20.6. The van der Waals surface area contributed by atoms with E-state index in [0.29, 0.717) is 0 Å². The molecule has 0 aliphatic carbocycles. The minimum absolute atomic E-state index is 0.134. The van der Waals surface area contributed by atoms with Crippen LogP contribution in [-0.2, 0) is 0 Å². The van der Waals surface area contributed by atoms with Gasteiger partial charge in [0.1, 0.15) is 5.82 Å². The Labute approximate surface area is 162 Å². The van der Waals surface area contributed by atoms with E-state index in [9.17, 15) is 4.79 Å². The monoisotopic (exact) mass is 363 g/mol. The van der Waals surface area contributed by atoms with Crippen molar-refractivity contribution in [2.24, 2.45) is 0 Å². The van der Waals surface area contributed by atoms with Crippen LogP contribution >= 0.6 is 0 Å². The number of hydrogen-bond donors (Lipinski definition) is 0. The van der Waals surface area contributed by atoms with Crippen molar-refractivity contribution >= 4 is 11.7 Å². The number of piperidine rings is 2. The van der Waals surface area contributed by atoms with Gasteiger partial charge in [0.15, 0.2) is 0 Å². The van der Waals surface area contributed by atoms with E-state index in [1.54, 1.807) is 0 Å². The zero-order valence-corrected chi connectivity index (χ0v) is 16.2. The predicted octanol–water partition coefficient (Wildman–Crippen LogP) is 4.75. The highest BCUT2D eigenvalue weighted by molar-refractivity contribution is 5.94. The van der Waals surface area contributed by atoms with Gasteiger partial charge in [0.2, 0.25) is 0 Å². The number of aromatic nitrogens is 1. The van der Waals surface area contributed by atoms with Crippen LogP contribution in [0.15, 0.2) is 42.5 Å². The second-order valence-corrected chi connectivity index (χ2v) is 7.77. The fraction of sp³-hybridized carbons (Fsp3) is 0.478. The molecule has 1 aromatic heterocycles. The average molecular weight is 364 g/mol. The molecule has 1 aromatic carbocycles. The highest BCUT2D eigenvalue weighted by atomic mass is 16.2. The zero-order valence-electron chi connectivity index (χ0n) is 16.2. The number of benzene rings is 1. The number of amides is 1.